The molecule has 1 aromatic heterocycles. The molecule has 13 aromatic rings. The lowest BCUT2D eigenvalue weighted by Crippen LogP contribution is -1.91. The quantitative estimate of drug-likeness (QED) is 0.167. The van der Waals surface area contributed by atoms with Crippen molar-refractivity contribution >= 4 is 108 Å². The molecular weight excluding hydrogens is 641 g/mol. The maximum Gasteiger partial charge on any atom is 0.136 e. The number of furan rings is 1. The van der Waals surface area contributed by atoms with Crippen molar-refractivity contribution in [1.82, 2.24) is 0 Å². The lowest BCUT2D eigenvalue weighted by atomic mass is 9.85. The minimum atomic E-state index is 0.914. The molecule has 12 aromatic carbocycles. The van der Waals surface area contributed by atoms with E-state index in [9.17, 15) is 0 Å². The van der Waals surface area contributed by atoms with Gasteiger partial charge in [0.1, 0.15) is 11.2 Å². The van der Waals surface area contributed by atoms with Crippen LogP contribution in [0.2, 0.25) is 0 Å². The summed E-state index contributed by atoms with van der Waals surface area (Å²) in [5, 5.41) is 22.7. The SMILES string of the molecule is c1ccc2cc3c(cc2c1)oc1ccc2c(-c4ccc5ccc6cccc7ccc4c5c67)cc(-c4ccc5ccc6cccc7ccc4c5c67)cc2c13. The fraction of sp³-hybridized carbons (Fsp3) is 0. The molecule has 0 radical (unpaired) electrons. The number of fused-ring (bicyclic) bond motifs is 6. The van der Waals surface area contributed by atoms with Gasteiger partial charge in [0, 0.05) is 10.8 Å². The first-order valence-corrected chi connectivity index (χ1v) is 18.4. The van der Waals surface area contributed by atoms with Crippen LogP contribution in [0.15, 0.2) is 174 Å². The summed E-state index contributed by atoms with van der Waals surface area (Å²) in [6.07, 6.45) is 0. The molecule has 0 saturated carbocycles. The molecule has 242 valence electrons. The Hall–Kier alpha value is -6.96. The van der Waals surface area contributed by atoms with Crippen molar-refractivity contribution in [1.29, 1.82) is 0 Å². The summed E-state index contributed by atoms with van der Waals surface area (Å²) in [6.45, 7) is 0. The van der Waals surface area contributed by atoms with E-state index in [4.69, 9.17) is 4.42 Å². The Morgan fingerprint density at radius 3 is 1.42 bits per heavy atom. The van der Waals surface area contributed by atoms with Crippen LogP contribution in [0.3, 0.4) is 0 Å². The molecule has 0 aliphatic rings. The minimum absolute atomic E-state index is 0.914. The second kappa shape index (κ2) is 9.88. The molecule has 0 unspecified atom stereocenters. The molecule has 0 spiro atoms. The Kier molecular flexibility index (Phi) is 5.17. The van der Waals surface area contributed by atoms with Crippen molar-refractivity contribution in [3.8, 4) is 22.3 Å². The van der Waals surface area contributed by atoms with Crippen molar-refractivity contribution in [2.24, 2.45) is 0 Å². The molecule has 0 saturated heterocycles. The maximum atomic E-state index is 6.65. The van der Waals surface area contributed by atoms with Gasteiger partial charge in [-0.15, -0.1) is 0 Å². The largest absolute Gasteiger partial charge is 0.456 e. The molecule has 0 N–H and O–H groups in total. The first kappa shape index (κ1) is 27.7. The fourth-order valence-corrected chi connectivity index (χ4v) is 9.73. The molecule has 0 aliphatic heterocycles. The molecule has 0 fully saturated rings. The normalized spacial score (nSPS) is 12.5. The van der Waals surface area contributed by atoms with Crippen LogP contribution in [-0.2, 0) is 0 Å². The summed E-state index contributed by atoms with van der Waals surface area (Å²) in [6, 6.07) is 63.3. The first-order chi connectivity index (χ1) is 26.2. The smallest absolute Gasteiger partial charge is 0.136 e. The third-order valence-electron chi connectivity index (χ3n) is 12.1. The Morgan fingerprint density at radius 1 is 0.245 bits per heavy atom. The predicted octanol–water partition coefficient (Wildman–Crippen LogP) is 15.0. The molecule has 1 heterocycles. The van der Waals surface area contributed by atoms with E-state index in [0.717, 1.165) is 16.6 Å². The van der Waals surface area contributed by atoms with E-state index < -0.39 is 0 Å². The topological polar surface area (TPSA) is 13.1 Å². The summed E-state index contributed by atoms with van der Waals surface area (Å²) in [4.78, 5) is 0. The molecule has 1 heteroatoms. The van der Waals surface area contributed by atoms with E-state index in [2.05, 4.69) is 170 Å². The monoisotopic (exact) mass is 668 g/mol. The number of hydrogen-bond donors (Lipinski definition) is 0. The van der Waals surface area contributed by atoms with Crippen molar-refractivity contribution in [3.05, 3.63) is 170 Å². The molecule has 53 heavy (non-hydrogen) atoms. The average Bonchev–Trinajstić information content (AvgIpc) is 3.58. The van der Waals surface area contributed by atoms with E-state index in [-0.39, 0.29) is 0 Å². The van der Waals surface area contributed by atoms with Gasteiger partial charge in [0.25, 0.3) is 0 Å². The lowest BCUT2D eigenvalue weighted by molar-refractivity contribution is 0.670. The number of benzene rings is 12. The highest BCUT2D eigenvalue weighted by Gasteiger charge is 2.20. The van der Waals surface area contributed by atoms with Crippen LogP contribution >= 0.6 is 0 Å². The highest BCUT2D eigenvalue weighted by atomic mass is 16.3. The molecular formula is C52H28O. The fourth-order valence-electron chi connectivity index (χ4n) is 9.73. The van der Waals surface area contributed by atoms with Gasteiger partial charge >= 0.3 is 0 Å². The van der Waals surface area contributed by atoms with Gasteiger partial charge in [-0.3, -0.25) is 0 Å². The van der Waals surface area contributed by atoms with Crippen molar-refractivity contribution < 1.29 is 4.42 Å². The van der Waals surface area contributed by atoms with Crippen molar-refractivity contribution in [2.75, 3.05) is 0 Å². The summed E-state index contributed by atoms with van der Waals surface area (Å²) in [5.41, 5.74) is 6.77. The third kappa shape index (κ3) is 3.66. The van der Waals surface area contributed by atoms with Gasteiger partial charge in [0.15, 0.2) is 0 Å². The predicted molar refractivity (Wildman–Crippen MR) is 227 cm³/mol. The van der Waals surface area contributed by atoms with E-state index in [1.807, 2.05) is 0 Å². The van der Waals surface area contributed by atoms with E-state index >= 15 is 0 Å². The van der Waals surface area contributed by atoms with Crippen LogP contribution in [0.4, 0.5) is 0 Å². The highest BCUT2D eigenvalue weighted by molar-refractivity contribution is 6.30. The van der Waals surface area contributed by atoms with Crippen LogP contribution in [0, 0.1) is 0 Å². The zero-order valence-electron chi connectivity index (χ0n) is 28.6. The second-order valence-corrected chi connectivity index (χ2v) is 14.8. The number of rotatable bonds is 2. The van der Waals surface area contributed by atoms with Gasteiger partial charge in [0.05, 0.1) is 0 Å². The minimum Gasteiger partial charge on any atom is -0.456 e. The Bertz CT molecular complexity index is 3640. The molecule has 0 atom stereocenters. The zero-order chi connectivity index (χ0) is 34.4. The Balaban J connectivity index is 1.20. The van der Waals surface area contributed by atoms with Crippen LogP contribution in [0.1, 0.15) is 0 Å². The van der Waals surface area contributed by atoms with Gasteiger partial charge in [-0.25, -0.2) is 0 Å². The number of hydrogen-bond acceptors (Lipinski definition) is 1. The van der Waals surface area contributed by atoms with Gasteiger partial charge in [-0.2, -0.15) is 0 Å². The summed E-state index contributed by atoms with van der Waals surface area (Å²) in [5.74, 6) is 0. The van der Waals surface area contributed by atoms with Crippen molar-refractivity contribution in [2.45, 2.75) is 0 Å². The summed E-state index contributed by atoms with van der Waals surface area (Å²) < 4.78 is 6.65. The van der Waals surface area contributed by atoms with Gasteiger partial charge in [0.2, 0.25) is 0 Å². The van der Waals surface area contributed by atoms with Crippen LogP contribution < -0.4 is 0 Å². The standard InChI is InChI=1S/C52H28O/c1-2-6-36-28-47-45(25-35(36)5-1)52-44-27-37(38-19-15-33-13-11-29-7-3-9-31-17-21-41(38)50(33)48(29)31)26-43(40(44)23-24-46(52)53-47)39-20-16-34-14-12-30-8-4-10-32-18-22-42(39)51(34)49(30)32/h1-28H. The van der Waals surface area contributed by atoms with Crippen LogP contribution in [-0.4, -0.2) is 0 Å². The zero-order valence-corrected chi connectivity index (χ0v) is 28.6. The van der Waals surface area contributed by atoms with Crippen LogP contribution in [0.5, 0.6) is 0 Å². The molecule has 0 bridgehead atoms. The third-order valence-corrected chi connectivity index (χ3v) is 12.1. The van der Waals surface area contributed by atoms with E-state index in [1.54, 1.807) is 0 Å². The highest BCUT2D eigenvalue weighted by Crippen LogP contribution is 2.47. The van der Waals surface area contributed by atoms with Gasteiger partial charge in [-0.1, -0.05) is 140 Å². The maximum absolute atomic E-state index is 6.65. The van der Waals surface area contributed by atoms with Crippen molar-refractivity contribution in [3.63, 3.8) is 0 Å². The molecule has 1 nitrogen and oxygen atoms in total. The van der Waals surface area contributed by atoms with Gasteiger partial charge in [-0.05, 0) is 139 Å². The van der Waals surface area contributed by atoms with E-state index in [0.29, 0.717) is 0 Å². The molecule has 13 rings (SSSR count). The molecule has 0 aliphatic carbocycles. The summed E-state index contributed by atoms with van der Waals surface area (Å²) >= 11 is 0. The Labute approximate surface area is 303 Å². The summed E-state index contributed by atoms with van der Waals surface area (Å²) in [7, 11) is 0. The second-order valence-electron chi connectivity index (χ2n) is 14.8. The Morgan fingerprint density at radius 2 is 0.755 bits per heavy atom. The average molecular weight is 669 g/mol. The first-order valence-electron chi connectivity index (χ1n) is 18.4. The van der Waals surface area contributed by atoms with E-state index in [1.165, 1.54) is 114 Å². The van der Waals surface area contributed by atoms with Gasteiger partial charge < -0.3 is 4.42 Å². The lowest BCUT2D eigenvalue weighted by Gasteiger charge is -2.18. The van der Waals surface area contributed by atoms with Crippen LogP contribution in [0.25, 0.3) is 130 Å². The molecule has 0 amide bonds.